The quantitative estimate of drug-likeness (QED) is 0.437. The van der Waals surface area contributed by atoms with Gasteiger partial charge >= 0.3 is 0 Å². The summed E-state index contributed by atoms with van der Waals surface area (Å²) in [5.74, 6) is 6.79. The molecule has 0 radical (unpaired) electrons. The van der Waals surface area contributed by atoms with Gasteiger partial charge in [-0.1, -0.05) is 71.9 Å². The first-order valence-corrected chi connectivity index (χ1v) is 11.4. The van der Waals surface area contributed by atoms with Crippen LogP contribution >= 0.6 is 11.8 Å². The van der Waals surface area contributed by atoms with Crippen LogP contribution in [0.1, 0.15) is 24.5 Å². The Labute approximate surface area is 187 Å². The van der Waals surface area contributed by atoms with E-state index in [9.17, 15) is 4.79 Å². The SMILES string of the molecule is Cc1ccc(-c2nnc(S[C@H](C)C(=O)N[C@@H]3CCN(Cc4ccccc4)C3)n2N)cc1. The summed E-state index contributed by atoms with van der Waals surface area (Å²) in [5, 5.41) is 11.8. The highest BCUT2D eigenvalue weighted by Crippen LogP contribution is 2.25. The number of nitrogens with one attached hydrogen (secondary N) is 1. The maximum Gasteiger partial charge on any atom is 0.233 e. The molecular weight excluding hydrogens is 408 g/mol. The van der Waals surface area contributed by atoms with Crippen molar-refractivity contribution < 1.29 is 4.79 Å². The summed E-state index contributed by atoms with van der Waals surface area (Å²) in [6.07, 6.45) is 0.959. The molecule has 2 atom stereocenters. The van der Waals surface area contributed by atoms with Gasteiger partial charge < -0.3 is 11.2 Å². The van der Waals surface area contributed by atoms with Gasteiger partial charge in [0.05, 0.1) is 5.25 Å². The smallest absolute Gasteiger partial charge is 0.233 e. The number of nitrogens with two attached hydrogens (primary N) is 1. The molecule has 1 aromatic heterocycles. The summed E-state index contributed by atoms with van der Waals surface area (Å²) < 4.78 is 1.45. The molecule has 0 spiro atoms. The van der Waals surface area contributed by atoms with Gasteiger partial charge in [-0.3, -0.25) is 9.69 Å². The second-order valence-corrected chi connectivity index (χ2v) is 9.33. The highest BCUT2D eigenvalue weighted by Gasteiger charge is 2.27. The van der Waals surface area contributed by atoms with Crippen LogP contribution < -0.4 is 11.2 Å². The lowest BCUT2D eigenvalue weighted by atomic mass is 10.1. The van der Waals surface area contributed by atoms with E-state index in [2.05, 4.69) is 44.7 Å². The molecule has 0 aliphatic carbocycles. The third-order valence-corrected chi connectivity index (χ3v) is 6.55. The number of hydrogen-bond acceptors (Lipinski definition) is 6. The highest BCUT2D eigenvalue weighted by molar-refractivity contribution is 8.00. The van der Waals surface area contributed by atoms with Crippen molar-refractivity contribution in [1.82, 2.24) is 25.1 Å². The number of rotatable bonds is 7. The Morgan fingerprint density at radius 2 is 1.94 bits per heavy atom. The molecule has 31 heavy (non-hydrogen) atoms. The fourth-order valence-corrected chi connectivity index (χ4v) is 4.50. The highest BCUT2D eigenvalue weighted by atomic mass is 32.2. The molecule has 1 aliphatic heterocycles. The third-order valence-electron chi connectivity index (χ3n) is 5.49. The molecule has 1 fully saturated rings. The second kappa shape index (κ2) is 9.53. The summed E-state index contributed by atoms with van der Waals surface area (Å²) in [7, 11) is 0. The van der Waals surface area contributed by atoms with E-state index in [1.54, 1.807) is 0 Å². The van der Waals surface area contributed by atoms with Gasteiger partial charge in [-0.25, -0.2) is 4.68 Å². The van der Waals surface area contributed by atoms with Crippen LogP contribution in [0.15, 0.2) is 59.8 Å². The van der Waals surface area contributed by atoms with E-state index in [0.29, 0.717) is 11.0 Å². The van der Waals surface area contributed by atoms with Crippen molar-refractivity contribution in [2.75, 3.05) is 18.9 Å². The van der Waals surface area contributed by atoms with Crippen molar-refractivity contribution in [3.63, 3.8) is 0 Å². The number of nitrogen functional groups attached to an aromatic ring is 1. The Bertz CT molecular complexity index is 1020. The van der Waals surface area contributed by atoms with Crippen molar-refractivity contribution in [3.05, 3.63) is 65.7 Å². The predicted octanol–water partition coefficient (Wildman–Crippen LogP) is 2.84. The first-order chi connectivity index (χ1) is 15.0. The van der Waals surface area contributed by atoms with Crippen molar-refractivity contribution in [1.29, 1.82) is 0 Å². The lowest BCUT2D eigenvalue weighted by Gasteiger charge is -2.18. The number of nitrogens with zero attached hydrogens (tertiary/aromatic N) is 4. The lowest BCUT2D eigenvalue weighted by Crippen LogP contribution is -2.41. The minimum Gasteiger partial charge on any atom is -0.351 e. The maximum atomic E-state index is 12.7. The lowest BCUT2D eigenvalue weighted by molar-refractivity contribution is -0.120. The molecule has 0 bridgehead atoms. The number of aryl methyl sites for hydroxylation is 1. The Kier molecular flexibility index (Phi) is 6.58. The first-order valence-electron chi connectivity index (χ1n) is 10.5. The van der Waals surface area contributed by atoms with Gasteiger partial charge in [0.1, 0.15) is 0 Å². The Morgan fingerprint density at radius 3 is 2.68 bits per heavy atom. The molecule has 3 aromatic rings. The molecule has 1 amide bonds. The second-order valence-electron chi connectivity index (χ2n) is 8.02. The molecule has 2 heterocycles. The summed E-state index contributed by atoms with van der Waals surface area (Å²) in [6, 6.07) is 18.5. The number of hydrogen-bond donors (Lipinski definition) is 2. The van der Waals surface area contributed by atoms with Gasteiger partial charge in [-0.05, 0) is 25.8 Å². The minimum absolute atomic E-state index is 0.00329. The zero-order valence-corrected chi connectivity index (χ0v) is 18.7. The summed E-state index contributed by atoms with van der Waals surface area (Å²) in [6.45, 7) is 6.66. The van der Waals surface area contributed by atoms with Crippen molar-refractivity contribution in [2.24, 2.45) is 0 Å². The van der Waals surface area contributed by atoms with Crippen LogP contribution in [-0.4, -0.2) is 50.1 Å². The molecule has 0 saturated carbocycles. The monoisotopic (exact) mass is 436 g/mol. The molecule has 0 unspecified atom stereocenters. The van der Waals surface area contributed by atoms with E-state index < -0.39 is 0 Å². The standard InChI is InChI=1S/C23H28N6OS/c1-16-8-10-19(11-9-16)21-26-27-23(29(21)24)31-17(2)22(30)25-20-12-13-28(15-20)14-18-6-4-3-5-7-18/h3-11,17,20H,12-15,24H2,1-2H3,(H,25,30)/t17-,20-/m1/s1. The van der Waals surface area contributed by atoms with Gasteiger partial charge in [0.2, 0.25) is 11.1 Å². The molecule has 3 N–H and O–H groups in total. The van der Waals surface area contributed by atoms with E-state index in [0.717, 1.165) is 31.6 Å². The van der Waals surface area contributed by atoms with Crippen LogP contribution in [0.3, 0.4) is 0 Å². The van der Waals surface area contributed by atoms with Crippen LogP contribution in [0.4, 0.5) is 0 Å². The molecule has 1 aliphatic rings. The molecule has 4 rings (SSSR count). The number of carbonyl (C=O) groups excluding carboxylic acids is 1. The number of benzene rings is 2. The van der Waals surface area contributed by atoms with Crippen LogP contribution in [-0.2, 0) is 11.3 Å². The van der Waals surface area contributed by atoms with Crippen LogP contribution in [0.25, 0.3) is 11.4 Å². The van der Waals surface area contributed by atoms with E-state index in [4.69, 9.17) is 5.84 Å². The fraction of sp³-hybridized carbons (Fsp3) is 0.348. The van der Waals surface area contributed by atoms with Crippen LogP contribution in [0, 0.1) is 6.92 Å². The number of carbonyl (C=O) groups is 1. The van der Waals surface area contributed by atoms with Crippen LogP contribution in [0.5, 0.6) is 0 Å². The number of thioether (sulfide) groups is 1. The van der Waals surface area contributed by atoms with Gasteiger partial charge in [0.25, 0.3) is 0 Å². The average molecular weight is 437 g/mol. The molecule has 8 heteroatoms. The Morgan fingerprint density at radius 1 is 1.19 bits per heavy atom. The normalized spacial score (nSPS) is 17.5. The van der Waals surface area contributed by atoms with Crippen LogP contribution in [0.2, 0.25) is 0 Å². The number of amides is 1. The Hall–Kier alpha value is -2.84. The molecule has 1 saturated heterocycles. The molecule has 2 aromatic carbocycles. The van der Waals surface area contributed by atoms with E-state index in [1.165, 1.54) is 27.6 Å². The molecule has 162 valence electrons. The van der Waals surface area contributed by atoms with Gasteiger partial charge in [0.15, 0.2) is 5.82 Å². The predicted molar refractivity (Wildman–Crippen MR) is 124 cm³/mol. The maximum absolute atomic E-state index is 12.7. The fourth-order valence-electron chi connectivity index (χ4n) is 3.72. The topological polar surface area (TPSA) is 89.1 Å². The largest absolute Gasteiger partial charge is 0.351 e. The minimum atomic E-state index is -0.319. The summed E-state index contributed by atoms with van der Waals surface area (Å²) in [4.78, 5) is 15.1. The van der Waals surface area contributed by atoms with Gasteiger partial charge in [0, 0.05) is 31.2 Å². The number of aromatic nitrogens is 3. The zero-order chi connectivity index (χ0) is 21.8. The van der Waals surface area contributed by atoms with Crippen molar-refractivity contribution >= 4 is 17.7 Å². The first kappa shape index (κ1) is 21.4. The van der Waals surface area contributed by atoms with Gasteiger partial charge in [-0.2, -0.15) is 0 Å². The van der Waals surface area contributed by atoms with Gasteiger partial charge in [-0.15, -0.1) is 10.2 Å². The van der Waals surface area contributed by atoms with E-state index in [1.807, 2.05) is 44.2 Å². The Balaban J connectivity index is 1.31. The molecule has 7 nitrogen and oxygen atoms in total. The molecular formula is C23H28N6OS. The summed E-state index contributed by atoms with van der Waals surface area (Å²) >= 11 is 1.32. The third kappa shape index (κ3) is 5.26. The zero-order valence-electron chi connectivity index (χ0n) is 17.9. The van der Waals surface area contributed by atoms with E-state index in [-0.39, 0.29) is 17.2 Å². The summed E-state index contributed by atoms with van der Waals surface area (Å²) in [5.41, 5.74) is 3.36. The number of likely N-dealkylation sites (tertiary alicyclic amines) is 1. The van der Waals surface area contributed by atoms with Crippen molar-refractivity contribution in [2.45, 2.75) is 43.3 Å². The average Bonchev–Trinajstić information content (AvgIpc) is 3.36. The van der Waals surface area contributed by atoms with Crippen molar-refractivity contribution in [3.8, 4) is 11.4 Å². The van der Waals surface area contributed by atoms with E-state index >= 15 is 0 Å².